The molecule has 1 aromatic heterocycles. The lowest BCUT2D eigenvalue weighted by Gasteiger charge is -2.32. The van der Waals surface area contributed by atoms with Crippen molar-refractivity contribution >= 4 is 11.6 Å². The molecular formula is C13H18F2N4. The third-order valence-corrected chi connectivity index (χ3v) is 4.33. The minimum absolute atomic E-state index is 0.101. The lowest BCUT2D eigenvalue weighted by atomic mass is 9.85. The number of halogens is 2. The summed E-state index contributed by atoms with van der Waals surface area (Å²) < 4.78 is 27.4. The van der Waals surface area contributed by atoms with E-state index in [9.17, 15) is 8.78 Å². The molecule has 2 heterocycles. The second-order valence-corrected chi connectivity index (χ2v) is 5.36. The maximum absolute atomic E-state index is 14.0. The molecule has 0 radical (unpaired) electrons. The molecule has 0 spiro atoms. The largest absolute Gasteiger partial charge is 0.351 e. The van der Waals surface area contributed by atoms with Gasteiger partial charge in [-0.1, -0.05) is 12.8 Å². The van der Waals surface area contributed by atoms with Crippen LogP contribution in [0.2, 0.25) is 0 Å². The van der Waals surface area contributed by atoms with Crippen LogP contribution in [0.25, 0.3) is 0 Å². The van der Waals surface area contributed by atoms with Gasteiger partial charge in [-0.2, -0.15) is 0 Å². The highest BCUT2D eigenvalue weighted by Crippen LogP contribution is 2.39. The zero-order chi connectivity index (χ0) is 13.4. The first kappa shape index (κ1) is 12.6. The van der Waals surface area contributed by atoms with Crippen molar-refractivity contribution < 1.29 is 8.78 Å². The van der Waals surface area contributed by atoms with Gasteiger partial charge in [-0.05, 0) is 25.2 Å². The molecule has 2 aliphatic rings. The number of aromatic nitrogens is 1. The molecule has 0 bridgehead atoms. The van der Waals surface area contributed by atoms with Crippen LogP contribution < -0.4 is 16.2 Å². The number of nitrogens with two attached hydrogens (primary N) is 1. The number of nitrogens with one attached hydrogen (secondary N) is 1. The molecule has 2 atom stereocenters. The molecule has 0 aromatic carbocycles. The van der Waals surface area contributed by atoms with E-state index in [1.807, 2.05) is 4.90 Å². The highest BCUT2D eigenvalue weighted by Gasteiger charge is 2.37. The number of hydrazine groups is 1. The third kappa shape index (κ3) is 2.14. The Balaban J connectivity index is 1.93. The van der Waals surface area contributed by atoms with Gasteiger partial charge in [0.1, 0.15) is 0 Å². The van der Waals surface area contributed by atoms with Gasteiger partial charge in [0.05, 0.1) is 0 Å². The van der Waals surface area contributed by atoms with Crippen LogP contribution in [-0.2, 0) is 0 Å². The van der Waals surface area contributed by atoms with Gasteiger partial charge in [0.25, 0.3) is 0 Å². The summed E-state index contributed by atoms with van der Waals surface area (Å²) in [6, 6.07) is 1.19. The van der Waals surface area contributed by atoms with Crippen molar-refractivity contribution in [2.24, 2.45) is 11.8 Å². The predicted molar refractivity (Wildman–Crippen MR) is 69.7 cm³/mol. The smallest absolute Gasteiger partial charge is 0.178 e. The second kappa shape index (κ2) is 4.92. The van der Waals surface area contributed by atoms with Crippen LogP contribution in [0.1, 0.15) is 32.1 Å². The Labute approximate surface area is 111 Å². The Hall–Kier alpha value is -1.43. The first-order chi connectivity index (χ1) is 9.20. The number of rotatable bonds is 2. The van der Waals surface area contributed by atoms with Crippen LogP contribution in [-0.4, -0.2) is 17.6 Å². The van der Waals surface area contributed by atoms with Gasteiger partial charge in [-0.15, -0.1) is 0 Å². The Morgan fingerprint density at radius 3 is 2.79 bits per heavy atom. The van der Waals surface area contributed by atoms with Crippen molar-refractivity contribution in [1.82, 2.24) is 4.98 Å². The Morgan fingerprint density at radius 2 is 2.00 bits per heavy atom. The van der Waals surface area contributed by atoms with Crippen molar-refractivity contribution in [2.75, 3.05) is 16.9 Å². The fraction of sp³-hybridized carbons (Fsp3) is 0.615. The van der Waals surface area contributed by atoms with E-state index in [0.29, 0.717) is 12.0 Å². The summed E-state index contributed by atoms with van der Waals surface area (Å²) >= 11 is 0. The van der Waals surface area contributed by atoms with Crippen LogP contribution in [0, 0.1) is 17.6 Å². The van der Waals surface area contributed by atoms with E-state index < -0.39 is 11.6 Å². The first-order valence-corrected chi connectivity index (χ1v) is 6.80. The molecule has 1 aromatic rings. The van der Waals surface area contributed by atoms with Crippen molar-refractivity contribution in [2.45, 2.75) is 38.1 Å². The Kier molecular flexibility index (Phi) is 3.26. The number of pyridine rings is 1. The van der Waals surface area contributed by atoms with Gasteiger partial charge in [0.2, 0.25) is 0 Å². The lowest BCUT2D eigenvalue weighted by molar-refractivity contribution is 0.340. The SMILES string of the molecule is NNc1nc(N2CCC3CCCCC32)c(F)cc1F. The maximum atomic E-state index is 14.0. The van der Waals surface area contributed by atoms with Gasteiger partial charge >= 0.3 is 0 Å². The fourth-order valence-corrected chi connectivity index (χ4v) is 3.43. The number of anilines is 2. The standard InChI is InChI=1S/C13H18F2N4/c14-9-7-10(15)13(17-12(9)18-16)19-6-5-8-3-1-2-4-11(8)19/h7-8,11H,1-6,16H2,(H,17,18). The van der Waals surface area contributed by atoms with Crippen molar-refractivity contribution in [3.63, 3.8) is 0 Å². The minimum atomic E-state index is -0.761. The zero-order valence-corrected chi connectivity index (χ0v) is 10.7. The molecule has 2 fully saturated rings. The van der Waals surface area contributed by atoms with E-state index in [1.54, 1.807) is 0 Å². The third-order valence-electron chi connectivity index (χ3n) is 4.33. The number of hydrogen-bond donors (Lipinski definition) is 2. The molecule has 1 saturated carbocycles. The van der Waals surface area contributed by atoms with Crippen LogP contribution in [0.15, 0.2) is 6.07 Å². The van der Waals surface area contributed by atoms with E-state index in [-0.39, 0.29) is 11.6 Å². The summed E-state index contributed by atoms with van der Waals surface area (Å²) in [5, 5.41) is 0. The van der Waals surface area contributed by atoms with Crippen LogP contribution in [0.3, 0.4) is 0 Å². The predicted octanol–water partition coefficient (Wildman–Crippen LogP) is 2.41. The molecule has 2 unspecified atom stereocenters. The fourth-order valence-electron chi connectivity index (χ4n) is 3.43. The van der Waals surface area contributed by atoms with E-state index in [2.05, 4.69) is 10.4 Å². The molecular weight excluding hydrogens is 250 g/mol. The molecule has 19 heavy (non-hydrogen) atoms. The summed E-state index contributed by atoms with van der Waals surface area (Å²) in [4.78, 5) is 5.99. The van der Waals surface area contributed by atoms with Crippen molar-refractivity contribution in [3.8, 4) is 0 Å². The van der Waals surface area contributed by atoms with E-state index in [1.165, 1.54) is 19.3 Å². The maximum Gasteiger partial charge on any atom is 0.178 e. The van der Waals surface area contributed by atoms with Crippen molar-refractivity contribution in [3.05, 3.63) is 17.7 Å². The van der Waals surface area contributed by atoms with E-state index in [0.717, 1.165) is 25.5 Å². The highest BCUT2D eigenvalue weighted by molar-refractivity contribution is 5.50. The molecule has 0 amide bonds. The van der Waals surface area contributed by atoms with Crippen molar-refractivity contribution in [1.29, 1.82) is 0 Å². The number of nitrogen functional groups attached to an aromatic ring is 1. The van der Waals surface area contributed by atoms with Crippen LogP contribution in [0.4, 0.5) is 20.4 Å². The van der Waals surface area contributed by atoms with Gasteiger partial charge in [-0.3, -0.25) is 0 Å². The van der Waals surface area contributed by atoms with Gasteiger partial charge in [-0.25, -0.2) is 19.6 Å². The topological polar surface area (TPSA) is 54.2 Å². The summed E-state index contributed by atoms with van der Waals surface area (Å²) in [6.45, 7) is 0.787. The van der Waals surface area contributed by atoms with E-state index >= 15 is 0 Å². The molecule has 1 aliphatic carbocycles. The summed E-state index contributed by atoms with van der Waals surface area (Å²) in [6.07, 6.45) is 5.75. The van der Waals surface area contributed by atoms with Crippen LogP contribution >= 0.6 is 0 Å². The second-order valence-electron chi connectivity index (χ2n) is 5.36. The summed E-state index contributed by atoms with van der Waals surface area (Å²) in [5.74, 6) is 4.58. The highest BCUT2D eigenvalue weighted by atomic mass is 19.1. The number of fused-ring (bicyclic) bond motifs is 1. The van der Waals surface area contributed by atoms with Gasteiger partial charge < -0.3 is 10.3 Å². The summed E-state index contributed by atoms with van der Waals surface area (Å²) in [7, 11) is 0. The molecule has 3 N–H and O–H groups in total. The van der Waals surface area contributed by atoms with Gasteiger partial charge in [0, 0.05) is 18.7 Å². The molecule has 104 valence electrons. The number of hydrogen-bond acceptors (Lipinski definition) is 4. The summed E-state index contributed by atoms with van der Waals surface area (Å²) in [5.41, 5.74) is 2.18. The van der Waals surface area contributed by atoms with E-state index in [4.69, 9.17) is 5.84 Å². The zero-order valence-electron chi connectivity index (χ0n) is 10.7. The molecule has 1 saturated heterocycles. The monoisotopic (exact) mass is 268 g/mol. The quantitative estimate of drug-likeness (QED) is 0.639. The molecule has 1 aliphatic heterocycles. The average molecular weight is 268 g/mol. The minimum Gasteiger partial charge on any atom is -0.351 e. The Bertz CT molecular complexity index is 480. The van der Waals surface area contributed by atoms with Crippen LogP contribution in [0.5, 0.6) is 0 Å². The molecule has 4 nitrogen and oxygen atoms in total. The van der Waals surface area contributed by atoms with Gasteiger partial charge in [0.15, 0.2) is 23.3 Å². The molecule has 3 rings (SSSR count). The average Bonchev–Trinajstić information content (AvgIpc) is 2.83. The molecule has 6 heteroatoms. The first-order valence-electron chi connectivity index (χ1n) is 6.80. The normalized spacial score (nSPS) is 26.4. The lowest BCUT2D eigenvalue weighted by Crippen LogP contribution is -2.36. The number of nitrogens with zero attached hydrogens (tertiary/aromatic N) is 2. The Morgan fingerprint density at radius 1 is 1.21 bits per heavy atom.